The number of carbonyl (C=O) groups is 2. The van der Waals surface area contributed by atoms with Crippen molar-refractivity contribution in [2.75, 3.05) is 25.4 Å². The van der Waals surface area contributed by atoms with E-state index in [0.717, 1.165) is 44.3 Å². The van der Waals surface area contributed by atoms with Gasteiger partial charge in [0.2, 0.25) is 0 Å². The maximum atomic E-state index is 12.1. The van der Waals surface area contributed by atoms with Gasteiger partial charge in [0.15, 0.2) is 6.61 Å². The molecule has 0 unspecified atom stereocenters. The van der Waals surface area contributed by atoms with Crippen LogP contribution in [0.1, 0.15) is 41.6 Å². The fraction of sp³-hybridized carbons (Fsp3) is 0.500. The first kappa shape index (κ1) is 15.4. The van der Waals surface area contributed by atoms with E-state index in [1.54, 1.807) is 30.0 Å². The molecule has 114 valence electrons. The molecule has 1 aliphatic rings. The predicted octanol–water partition coefficient (Wildman–Crippen LogP) is 2.14. The monoisotopic (exact) mass is 290 g/mol. The van der Waals surface area contributed by atoms with E-state index in [9.17, 15) is 9.59 Å². The summed E-state index contributed by atoms with van der Waals surface area (Å²) in [4.78, 5) is 25.8. The van der Waals surface area contributed by atoms with Gasteiger partial charge >= 0.3 is 5.97 Å². The van der Waals surface area contributed by atoms with Crippen molar-refractivity contribution in [3.8, 4) is 0 Å². The predicted molar refractivity (Wildman–Crippen MR) is 80.9 cm³/mol. The van der Waals surface area contributed by atoms with Gasteiger partial charge in [0.1, 0.15) is 0 Å². The summed E-state index contributed by atoms with van der Waals surface area (Å²) in [7, 11) is 0. The van der Waals surface area contributed by atoms with E-state index in [0.29, 0.717) is 11.3 Å². The first-order valence-corrected chi connectivity index (χ1v) is 7.39. The van der Waals surface area contributed by atoms with Gasteiger partial charge in [-0.2, -0.15) is 0 Å². The molecule has 0 atom stereocenters. The zero-order valence-electron chi connectivity index (χ0n) is 12.4. The Bertz CT molecular complexity index is 520. The molecule has 21 heavy (non-hydrogen) atoms. The number of ether oxygens (including phenoxy) is 1. The molecule has 1 fully saturated rings. The van der Waals surface area contributed by atoms with Crippen LogP contribution in [0.15, 0.2) is 18.2 Å². The topological polar surface area (TPSA) is 72.6 Å². The van der Waals surface area contributed by atoms with Crippen LogP contribution in [0.5, 0.6) is 0 Å². The van der Waals surface area contributed by atoms with Gasteiger partial charge in [-0.15, -0.1) is 0 Å². The van der Waals surface area contributed by atoms with E-state index in [1.165, 1.54) is 0 Å². The third-order valence-electron chi connectivity index (χ3n) is 3.76. The standard InChI is InChI=1S/C16H22N2O3/c1-12-10-13(17)6-7-14(12)16(20)21-11-15(19)18-8-4-2-3-5-9-18/h6-7,10H,2-5,8-9,11,17H2,1H3. The Balaban J connectivity index is 1.89. The van der Waals surface area contributed by atoms with Gasteiger partial charge in [-0.3, -0.25) is 4.79 Å². The number of amides is 1. The summed E-state index contributed by atoms with van der Waals surface area (Å²) in [6, 6.07) is 5.00. The quantitative estimate of drug-likeness (QED) is 0.683. The number of esters is 1. The second-order valence-corrected chi connectivity index (χ2v) is 5.45. The number of nitrogens with two attached hydrogens (primary N) is 1. The minimum atomic E-state index is -0.476. The van der Waals surface area contributed by atoms with Crippen molar-refractivity contribution in [3.63, 3.8) is 0 Å². The van der Waals surface area contributed by atoms with Crippen LogP contribution in [-0.4, -0.2) is 36.5 Å². The van der Waals surface area contributed by atoms with E-state index in [1.807, 2.05) is 0 Å². The fourth-order valence-corrected chi connectivity index (χ4v) is 2.53. The van der Waals surface area contributed by atoms with Gasteiger partial charge in [-0.25, -0.2) is 4.79 Å². The number of anilines is 1. The van der Waals surface area contributed by atoms with Crippen LogP contribution < -0.4 is 5.73 Å². The normalized spacial score (nSPS) is 15.4. The maximum absolute atomic E-state index is 12.1. The number of benzene rings is 1. The number of rotatable bonds is 3. The molecule has 0 aromatic heterocycles. The zero-order valence-corrected chi connectivity index (χ0v) is 12.4. The van der Waals surface area contributed by atoms with Crippen molar-refractivity contribution in [1.29, 1.82) is 0 Å². The first-order valence-electron chi connectivity index (χ1n) is 7.39. The highest BCUT2D eigenvalue weighted by Crippen LogP contribution is 2.14. The lowest BCUT2D eigenvalue weighted by atomic mass is 10.1. The summed E-state index contributed by atoms with van der Waals surface area (Å²) < 4.78 is 5.13. The molecule has 1 amide bonds. The Hall–Kier alpha value is -2.04. The molecule has 0 bridgehead atoms. The lowest BCUT2D eigenvalue weighted by molar-refractivity contribution is -0.134. The first-order chi connectivity index (χ1) is 10.1. The number of likely N-dealkylation sites (tertiary alicyclic amines) is 1. The molecule has 2 N–H and O–H groups in total. The van der Waals surface area contributed by atoms with Crippen LogP contribution in [0.2, 0.25) is 0 Å². The summed E-state index contributed by atoms with van der Waals surface area (Å²) in [6.07, 6.45) is 4.37. The molecular formula is C16H22N2O3. The summed E-state index contributed by atoms with van der Waals surface area (Å²) in [5, 5.41) is 0. The minimum Gasteiger partial charge on any atom is -0.452 e. The SMILES string of the molecule is Cc1cc(N)ccc1C(=O)OCC(=O)N1CCCCCC1. The summed E-state index contributed by atoms with van der Waals surface area (Å²) in [6.45, 7) is 3.13. The van der Waals surface area contributed by atoms with Crippen LogP contribution >= 0.6 is 0 Å². The molecule has 0 saturated carbocycles. The maximum Gasteiger partial charge on any atom is 0.338 e. The van der Waals surface area contributed by atoms with Crippen LogP contribution in [-0.2, 0) is 9.53 Å². The van der Waals surface area contributed by atoms with Gasteiger partial charge < -0.3 is 15.4 Å². The van der Waals surface area contributed by atoms with E-state index in [2.05, 4.69) is 0 Å². The Labute approximate surface area is 125 Å². The minimum absolute atomic E-state index is 0.113. The molecule has 1 aliphatic heterocycles. The number of nitrogen functional groups attached to an aromatic ring is 1. The van der Waals surface area contributed by atoms with E-state index in [4.69, 9.17) is 10.5 Å². The fourth-order valence-electron chi connectivity index (χ4n) is 2.53. The number of nitrogens with zero attached hydrogens (tertiary/aromatic N) is 1. The van der Waals surface area contributed by atoms with Gasteiger partial charge in [0.25, 0.3) is 5.91 Å². The highest BCUT2D eigenvalue weighted by molar-refractivity contribution is 5.93. The average molecular weight is 290 g/mol. The summed E-state index contributed by atoms with van der Waals surface area (Å²) >= 11 is 0. The molecular weight excluding hydrogens is 268 g/mol. The van der Waals surface area contributed by atoms with Gasteiger partial charge in [-0.05, 0) is 43.5 Å². The van der Waals surface area contributed by atoms with Gasteiger partial charge in [-0.1, -0.05) is 12.8 Å². The van der Waals surface area contributed by atoms with Crippen molar-refractivity contribution in [2.45, 2.75) is 32.6 Å². The van der Waals surface area contributed by atoms with Crippen LogP contribution in [0.25, 0.3) is 0 Å². The third-order valence-corrected chi connectivity index (χ3v) is 3.76. The molecule has 1 saturated heterocycles. The largest absolute Gasteiger partial charge is 0.452 e. The smallest absolute Gasteiger partial charge is 0.338 e. The molecule has 2 rings (SSSR count). The number of hydrogen-bond acceptors (Lipinski definition) is 4. The van der Waals surface area contributed by atoms with Crippen LogP contribution in [0.3, 0.4) is 0 Å². The zero-order chi connectivity index (χ0) is 15.2. The molecule has 5 heteroatoms. The van der Waals surface area contributed by atoms with E-state index in [-0.39, 0.29) is 12.5 Å². The molecule has 1 aromatic rings. The lowest BCUT2D eigenvalue weighted by Crippen LogP contribution is -2.35. The van der Waals surface area contributed by atoms with Crippen molar-refractivity contribution in [1.82, 2.24) is 4.90 Å². The van der Waals surface area contributed by atoms with Gasteiger partial charge in [0.05, 0.1) is 5.56 Å². The summed E-state index contributed by atoms with van der Waals surface area (Å²) in [5.74, 6) is -0.589. The van der Waals surface area contributed by atoms with E-state index < -0.39 is 5.97 Å². The second-order valence-electron chi connectivity index (χ2n) is 5.45. The molecule has 5 nitrogen and oxygen atoms in total. The highest BCUT2D eigenvalue weighted by atomic mass is 16.5. The van der Waals surface area contributed by atoms with Gasteiger partial charge in [0, 0.05) is 18.8 Å². The Morgan fingerprint density at radius 3 is 2.48 bits per heavy atom. The Morgan fingerprint density at radius 2 is 1.86 bits per heavy atom. The Kier molecular flexibility index (Phi) is 5.20. The van der Waals surface area contributed by atoms with Crippen molar-refractivity contribution < 1.29 is 14.3 Å². The number of hydrogen-bond donors (Lipinski definition) is 1. The van der Waals surface area contributed by atoms with Crippen molar-refractivity contribution in [3.05, 3.63) is 29.3 Å². The highest BCUT2D eigenvalue weighted by Gasteiger charge is 2.18. The lowest BCUT2D eigenvalue weighted by Gasteiger charge is -2.20. The Morgan fingerprint density at radius 1 is 1.19 bits per heavy atom. The molecule has 0 spiro atoms. The summed E-state index contributed by atoms with van der Waals surface area (Å²) in [5.41, 5.74) is 7.45. The van der Waals surface area contributed by atoms with Crippen molar-refractivity contribution in [2.24, 2.45) is 0 Å². The number of carbonyl (C=O) groups excluding carboxylic acids is 2. The molecule has 1 heterocycles. The second kappa shape index (κ2) is 7.11. The van der Waals surface area contributed by atoms with E-state index >= 15 is 0 Å². The van der Waals surface area contributed by atoms with Crippen LogP contribution in [0, 0.1) is 6.92 Å². The third kappa shape index (κ3) is 4.21. The average Bonchev–Trinajstić information content (AvgIpc) is 2.73. The number of aryl methyl sites for hydroxylation is 1. The molecule has 1 aromatic carbocycles. The molecule has 0 aliphatic carbocycles. The van der Waals surface area contributed by atoms with Crippen molar-refractivity contribution >= 4 is 17.6 Å². The van der Waals surface area contributed by atoms with Crippen LogP contribution in [0.4, 0.5) is 5.69 Å². The molecule has 0 radical (unpaired) electrons.